The molecule has 1 N–H and O–H groups in total. The molecule has 0 saturated carbocycles. The second-order valence-corrected chi connectivity index (χ2v) is 9.47. The predicted octanol–water partition coefficient (Wildman–Crippen LogP) is 5.71. The Hall–Kier alpha value is -3.40. The minimum absolute atomic E-state index is 0.0372. The molecule has 4 heteroatoms. The number of rotatable bonds is 11. The Labute approximate surface area is 210 Å². The second kappa shape index (κ2) is 12.9. The number of amides is 2. The fourth-order valence-electron chi connectivity index (χ4n) is 4.48. The van der Waals surface area contributed by atoms with Gasteiger partial charge in [0.05, 0.1) is 6.42 Å². The van der Waals surface area contributed by atoms with E-state index in [9.17, 15) is 9.59 Å². The smallest absolute Gasteiger partial charge is 0.243 e. The number of nitrogens with zero attached hydrogens (tertiary/aromatic N) is 1. The van der Waals surface area contributed by atoms with Gasteiger partial charge in [0.25, 0.3) is 0 Å². The maximum absolute atomic E-state index is 13.9. The lowest BCUT2D eigenvalue weighted by Gasteiger charge is -2.32. The first-order valence-corrected chi connectivity index (χ1v) is 12.6. The van der Waals surface area contributed by atoms with Gasteiger partial charge in [-0.05, 0) is 49.4 Å². The van der Waals surface area contributed by atoms with Crippen LogP contribution in [0, 0.1) is 20.8 Å². The van der Waals surface area contributed by atoms with E-state index in [-0.39, 0.29) is 18.2 Å². The molecular weight excluding hydrogens is 432 g/mol. The summed E-state index contributed by atoms with van der Waals surface area (Å²) < 4.78 is 0. The van der Waals surface area contributed by atoms with E-state index in [1.165, 1.54) is 0 Å². The number of hydrogen-bond donors (Lipinski definition) is 1. The fourth-order valence-corrected chi connectivity index (χ4v) is 4.48. The second-order valence-electron chi connectivity index (χ2n) is 9.47. The summed E-state index contributed by atoms with van der Waals surface area (Å²) in [6.07, 6.45) is 2.66. The summed E-state index contributed by atoms with van der Waals surface area (Å²) in [5, 5.41) is 3.09. The van der Waals surface area contributed by atoms with Crippen molar-refractivity contribution in [3.63, 3.8) is 0 Å². The highest BCUT2D eigenvalue weighted by Gasteiger charge is 2.30. The van der Waals surface area contributed by atoms with Crippen LogP contribution >= 0.6 is 0 Å². The average molecular weight is 471 g/mol. The Kier molecular flexibility index (Phi) is 9.66. The molecule has 0 saturated heterocycles. The fraction of sp³-hybridized carbons (Fsp3) is 0.355. The molecular formula is C31H38N2O2. The van der Waals surface area contributed by atoms with Crippen LogP contribution in [0.15, 0.2) is 72.8 Å². The van der Waals surface area contributed by atoms with Crippen molar-refractivity contribution in [3.05, 3.63) is 106 Å². The number of aryl methyl sites for hydroxylation is 3. The molecule has 1 atom stereocenters. The molecule has 1 unspecified atom stereocenters. The molecule has 184 valence electrons. The third kappa shape index (κ3) is 7.81. The van der Waals surface area contributed by atoms with Crippen LogP contribution in [0.2, 0.25) is 0 Å². The maximum atomic E-state index is 13.9. The van der Waals surface area contributed by atoms with Crippen molar-refractivity contribution in [2.24, 2.45) is 0 Å². The molecule has 0 fully saturated rings. The summed E-state index contributed by atoms with van der Waals surface area (Å²) in [5.74, 6) is -0.130. The molecule has 2 amide bonds. The number of hydrogen-bond acceptors (Lipinski definition) is 2. The Bertz CT molecular complexity index is 1100. The highest BCUT2D eigenvalue weighted by Crippen LogP contribution is 2.19. The first-order valence-electron chi connectivity index (χ1n) is 12.6. The average Bonchev–Trinajstić information content (AvgIpc) is 2.82. The Balaban J connectivity index is 1.97. The molecule has 0 radical (unpaired) electrons. The molecule has 0 spiro atoms. The lowest BCUT2D eigenvalue weighted by Crippen LogP contribution is -2.51. The zero-order valence-electron chi connectivity index (χ0n) is 21.5. The van der Waals surface area contributed by atoms with Crippen molar-refractivity contribution in [2.75, 3.05) is 6.54 Å². The van der Waals surface area contributed by atoms with Gasteiger partial charge in [-0.3, -0.25) is 9.59 Å². The van der Waals surface area contributed by atoms with Crippen molar-refractivity contribution in [1.29, 1.82) is 0 Å². The normalized spacial score (nSPS) is 11.7. The molecule has 0 aliphatic rings. The summed E-state index contributed by atoms with van der Waals surface area (Å²) in [6, 6.07) is 23.7. The van der Waals surface area contributed by atoms with Crippen molar-refractivity contribution in [2.45, 2.75) is 66.0 Å². The van der Waals surface area contributed by atoms with Gasteiger partial charge in [-0.15, -0.1) is 0 Å². The third-order valence-electron chi connectivity index (χ3n) is 6.34. The van der Waals surface area contributed by atoms with Gasteiger partial charge in [0, 0.05) is 19.5 Å². The van der Waals surface area contributed by atoms with Crippen LogP contribution in [0.1, 0.15) is 53.1 Å². The van der Waals surface area contributed by atoms with Gasteiger partial charge < -0.3 is 10.2 Å². The van der Waals surface area contributed by atoms with Gasteiger partial charge >= 0.3 is 0 Å². The first kappa shape index (κ1) is 26.2. The number of benzene rings is 3. The predicted molar refractivity (Wildman–Crippen MR) is 143 cm³/mol. The van der Waals surface area contributed by atoms with Crippen LogP contribution in [-0.4, -0.2) is 29.3 Å². The van der Waals surface area contributed by atoms with Crippen LogP contribution in [0.3, 0.4) is 0 Å². The van der Waals surface area contributed by atoms with Gasteiger partial charge in [-0.2, -0.15) is 0 Å². The van der Waals surface area contributed by atoms with Crippen LogP contribution in [0.25, 0.3) is 0 Å². The topological polar surface area (TPSA) is 49.4 Å². The minimum atomic E-state index is -0.590. The van der Waals surface area contributed by atoms with Crippen molar-refractivity contribution >= 4 is 11.8 Å². The van der Waals surface area contributed by atoms with E-state index in [1.807, 2.05) is 62.4 Å². The van der Waals surface area contributed by atoms with E-state index in [2.05, 4.69) is 43.4 Å². The maximum Gasteiger partial charge on any atom is 0.243 e. The van der Waals surface area contributed by atoms with Gasteiger partial charge in [0.15, 0.2) is 0 Å². The number of carbonyl (C=O) groups is 2. The van der Waals surface area contributed by atoms with E-state index in [0.717, 1.165) is 46.2 Å². The zero-order valence-corrected chi connectivity index (χ0v) is 21.5. The van der Waals surface area contributed by atoms with Crippen molar-refractivity contribution in [1.82, 2.24) is 10.2 Å². The van der Waals surface area contributed by atoms with Gasteiger partial charge in [0.2, 0.25) is 11.8 Å². The Morgan fingerprint density at radius 1 is 0.857 bits per heavy atom. The largest absolute Gasteiger partial charge is 0.354 e. The number of carbonyl (C=O) groups excluding carboxylic acids is 2. The van der Waals surface area contributed by atoms with E-state index >= 15 is 0 Å². The molecule has 0 aromatic heterocycles. The van der Waals surface area contributed by atoms with Crippen LogP contribution < -0.4 is 5.32 Å². The molecule has 3 rings (SSSR count). The summed E-state index contributed by atoms with van der Waals surface area (Å²) in [7, 11) is 0. The van der Waals surface area contributed by atoms with Crippen LogP contribution in [-0.2, 0) is 29.0 Å². The standard InChI is InChI=1S/C31H38N2O2/c1-5-6-16-32-31(35)29(20-26-13-8-7-9-14-26)33(22-28-15-11-10-12-25(28)4)30(34)21-27-18-23(2)17-24(3)19-27/h7-15,17-19,29H,5-6,16,20-22H2,1-4H3,(H,32,35). The van der Waals surface area contributed by atoms with Crippen LogP contribution in [0.5, 0.6) is 0 Å². The number of nitrogens with one attached hydrogen (secondary N) is 1. The molecule has 0 bridgehead atoms. The summed E-state index contributed by atoms with van der Waals surface area (Å²) in [6.45, 7) is 9.26. The minimum Gasteiger partial charge on any atom is -0.354 e. The molecule has 3 aromatic carbocycles. The SMILES string of the molecule is CCCCNC(=O)C(Cc1ccccc1)N(Cc1ccccc1C)C(=O)Cc1cc(C)cc(C)c1. The molecule has 35 heavy (non-hydrogen) atoms. The monoisotopic (exact) mass is 470 g/mol. The zero-order chi connectivity index (χ0) is 25.2. The van der Waals surface area contributed by atoms with E-state index < -0.39 is 6.04 Å². The van der Waals surface area contributed by atoms with Crippen molar-refractivity contribution < 1.29 is 9.59 Å². The molecule has 0 aliphatic carbocycles. The molecule has 0 heterocycles. The van der Waals surface area contributed by atoms with E-state index in [4.69, 9.17) is 0 Å². The van der Waals surface area contributed by atoms with Crippen molar-refractivity contribution in [3.8, 4) is 0 Å². The Morgan fingerprint density at radius 2 is 1.51 bits per heavy atom. The molecule has 4 nitrogen and oxygen atoms in total. The molecule has 3 aromatic rings. The highest BCUT2D eigenvalue weighted by atomic mass is 16.2. The quantitative estimate of drug-likeness (QED) is 0.365. The first-order chi connectivity index (χ1) is 16.9. The lowest BCUT2D eigenvalue weighted by molar-refractivity contribution is -0.140. The molecule has 0 aliphatic heterocycles. The van der Waals surface area contributed by atoms with Crippen LogP contribution in [0.4, 0.5) is 0 Å². The van der Waals surface area contributed by atoms with E-state index in [1.54, 1.807) is 4.90 Å². The van der Waals surface area contributed by atoms with E-state index in [0.29, 0.717) is 19.5 Å². The number of unbranched alkanes of at least 4 members (excludes halogenated alkanes) is 1. The lowest BCUT2D eigenvalue weighted by atomic mass is 9.99. The van der Waals surface area contributed by atoms with Gasteiger partial charge in [-0.1, -0.05) is 97.3 Å². The van der Waals surface area contributed by atoms with Gasteiger partial charge in [-0.25, -0.2) is 0 Å². The highest BCUT2D eigenvalue weighted by molar-refractivity contribution is 5.88. The summed E-state index contributed by atoms with van der Waals surface area (Å²) >= 11 is 0. The Morgan fingerprint density at radius 3 is 2.17 bits per heavy atom. The summed E-state index contributed by atoms with van der Waals surface area (Å²) in [5.41, 5.74) is 6.46. The summed E-state index contributed by atoms with van der Waals surface area (Å²) in [4.78, 5) is 29.1. The third-order valence-corrected chi connectivity index (χ3v) is 6.34. The van der Waals surface area contributed by atoms with Gasteiger partial charge in [0.1, 0.15) is 6.04 Å².